The molecule has 0 aliphatic rings. The number of hydrogen-bond donors (Lipinski definition) is 2. The predicted octanol–water partition coefficient (Wildman–Crippen LogP) is 2.17. The quantitative estimate of drug-likeness (QED) is 0.609. The minimum atomic E-state index is 0.127. The van der Waals surface area contributed by atoms with E-state index in [1.54, 1.807) is 6.26 Å². The number of thioether (sulfide) groups is 1. The standard InChI is InChI=1S/C6H7BrN2OS/c7-5-1-4(2-10-5)3-11-6(8)9/h1-2H,3H2,(H3,8,9). The molecule has 5 heteroatoms. The van der Waals surface area contributed by atoms with Crippen LogP contribution in [0.25, 0.3) is 0 Å². The van der Waals surface area contributed by atoms with Crippen molar-refractivity contribution in [3.8, 4) is 0 Å². The zero-order valence-electron chi connectivity index (χ0n) is 5.63. The largest absolute Gasteiger partial charge is 0.457 e. The summed E-state index contributed by atoms with van der Waals surface area (Å²) in [5.41, 5.74) is 6.18. The summed E-state index contributed by atoms with van der Waals surface area (Å²) in [6, 6.07) is 1.86. The Kier molecular flexibility index (Phi) is 3.02. The number of halogens is 1. The zero-order valence-corrected chi connectivity index (χ0v) is 8.04. The molecule has 0 saturated carbocycles. The van der Waals surface area contributed by atoms with E-state index in [0.29, 0.717) is 10.4 Å². The molecule has 0 saturated heterocycles. The predicted molar refractivity (Wildman–Crippen MR) is 49.6 cm³/mol. The summed E-state index contributed by atoms with van der Waals surface area (Å²) >= 11 is 4.46. The van der Waals surface area contributed by atoms with E-state index in [2.05, 4.69) is 15.9 Å². The van der Waals surface area contributed by atoms with Gasteiger partial charge in [0.1, 0.15) is 0 Å². The number of furan rings is 1. The van der Waals surface area contributed by atoms with Crippen molar-refractivity contribution in [1.29, 1.82) is 5.41 Å². The molecule has 0 unspecified atom stereocenters. The van der Waals surface area contributed by atoms with Crippen molar-refractivity contribution in [3.63, 3.8) is 0 Å². The van der Waals surface area contributed by atoms with Crippen LogP contribution in [0, 0.1) is 5.41 Å². The molecule has 11 heavy (non-hydrogen) atoms. The van der Waals surface area contributed by atoms with Gasteiger partial charge in [-0.05, 0) is 22.0 Å². The summed E-state index contributed by atoms with van der Waals surface area (Å²) in [5.74, 6) is 0.685. The first-order valence-electron chi connectivity index (χ1n) is 2.88. The minimum Gasteiger partial charge on any atom is -0.457 e. The normalized spacial score (nSPS) is 9.91. The molecular formula is C6H7BrN2OS. The molecule has 0 aliphatic heterocycles. The molecule has 0 atom stereocenters. The van der Waals surface area contributed by atoms with Crippen LogP contribution in [-0.2, 0) is 5.75 Å². The first-order valence-corrected chi connectivity index (χ1v) is 4.66. The van der Waals surface area contributed by atoms with Gasteiger partial charge in [0.2, 0.25) is 0 Å². The summed E-state index contributed by atoms with van der Waals surface area (Å²) in [5, 5.41) is 7.08. The van der Waals surface area contributed by atoms with Crippen molar-refractivity contribution in [1.82, 2.24) is 0 Å². The van der Waals surface area contributed by atoms with Crippen molar-refractivity contribution in [2.24, 2.45) is 5.73 Å². The Morgan fingerprint density at radius 2 is 2.55 bits per heavy atom. The summed E-state index contributed by atoms with van der Waals surface area (Å²) in [6.45, 7) is 0. The fourth-order valence-corrected chi connectivity index (χ4v) is 1.44. The maximum absolute atomic E-state index is 6.95. The number of amidine groups is 1. The van der Waals surface area contributed by atoms with E-state index in [0.717, 1.165) is 5.56 Å². The molecule has 1 aromatic heterocycles. The summed E-state index contributed by atoms with van der Waals surface area (Å²) < 4.78 is 5.69. The highest BCUT2D eigenvalue weighted by atomic mass is 79.9. The number of hydrogen-bond acceptors (Lipinski definition) is 3. The third-order valence-electron chi connectivity index (χ3n) is 1.02. The molecule has 0 fully saturated rings. The van der Waals surface area contributed by atoms with Crippen molar-refractivity contribution in [3.05, 3.63) is 22.6 Å². The molecule has 1 aromatic rings. The van der Waals surface area contributed by atoms with Crippen molar-refractivity contribution < 1.29 is 4.42 Å². The average Bonchev–Trinajstić information content (AvgIpc) is 2.31. The lowest BCUT2D eigenvalue weighted by Gasteiger charge is -1.92. The molecule has 0 spiro atoms. The van der Waals surface area contributed by atoms with E-state index >= 15 is 0 Å². The van der Waals surface area contributed by atoms with E-state index < -0.39 is 0 Å². The van der Waals surface area contributed by atoms with Gasteiger partial charge >= 0.3 is 0 Å². The molecule has 3 nitrogen and oxygen atoms in total. The Balaban J connectivity index is 2.45. The highest BCUT2D eigenvalue weighted by molar-refractivity contribution is 9.10. The SMILES string of the molecule is N=C(N)SCc1coc(Br)c1. The van der Waals surface area contributed by atoms with Crippen LogP contribution in [0.3, 0.4) is 0 Å². The van der Waals surface area contributed by atoms with Crippen LogP contribution >= 0.6 is 27.7 Å². The lowest BCUT2D eigenvalue weighted by molar-refractivity contribution is 0.539. The highest BCUT2D eigenvalue weighted by Gasteiger charge is 1.99. The average molecular weight is 235 g/mol. The monoisotopic (exact) mass is 234 g/mol. The minimum absolute atomic E-state index is 0.127. The van der Waals surface area contributed by atoms with E-state index in [4.69, 9.17) is 15.6 Å². The Labute approximate surface area is 77.0 Å². The summed E-state index contributed by atoms with van der Waals surface area (Å²) in [7, 11) is 0. The van der Waals surface area contributed by atoms with Crippen LogP contribution in [0.4, 0.5) is 0 Å². The van der Waals surface area contributed by atoms with Gasteiger partial charge in [-0.2, -0.15) is 0 Å². The fourth-order valence-electron chi connectivity index (χ4n) is 0.583. The molecule has 1 rings (SSSR count). The molecule has 0 radical (unpaired) electrons. The van der Waals surface area contributed by atoms with Crippen molar-refractivity contribution in [2.45, 2.75) is 5.75 Å². The van der Waals surface area contributed by atoms with E-state index in [1.807, 2.05) is 6.07 Å². The fraction of sp³-hybridized carbons (Fsp3) is 0.167. The molecular weight excluding hydrogens is 228 g/mol. The first kappa shape index (κ1) is 8.67. The van der Waals surface area contributed by atoms with E-state index in [-0.39, 0.29) is 5.17 Å². The van der Waals surface area contributed by atoms with Crippen LogP contribution in [0.15, 0.2) is 21.4 Å². The maximum atomic E-state index is 6.95. The van der Waals surface area contributed by atoms with Gasteiger partial charge in [0.15, 0.2) is 9.84 Å². The van der Waals surface area contributed by atoms with Gasteiger partial charge in [0, 0.05) is 11.3 Å². The van der Waals surface area contributed by atoms with Crippen molar-refractivity contribution >= 4 is 32.9 Å². The van der Waals surface area contributed by atoms with Crippen molar-refractivity contribution in [2.75, 3.05) is 0 Å². The van der Waals surface area contributed by atoms with Crippen LogP contribution < -0.4 is 5.73 Å². The second-order valence-corrected chi connectivity index (χ2v) is 3.71. The van der Waals surface area contributed by atoms with Gasteiger partial charge in [-0.3, -0.25) is 5.41 Å². The molecule has 3 N–H and O–H groups in total. The lowest BCUT2D eigenvalue weighted by Crippen LogP contribution is -2.03. The molecule has 0 aliphatic carbocycles. The third kappa shape index (κ3) is 2.98. The lowest BCUT2D eigenvalue weighted by atomic mass is 10.4. The Morgan fingerprint density at radius 1 is 1.82 bits per heavy atom. The number of nitrogens with one attached hydrogen (secondary N) is 1. The van der Waals surface area contributed by atoms with Gasteiger partial charge in [-0.25, -0.2) is 0 Å². The van der Waals surface area contributed by atoms with Crippen LogP contribution in [0.2, 0.25) is 0 Å². The highest BCUT2D eigenvalue weighted by Crippen LogP contribution is 2.18. The van der Waals surface area contributed by atoms with E-state index in [1.165, 1.54) is 11.8 Å². The van der Waals surface area contributed by atoms with Gasteiger partial charge in [0.05, 0.1) is 6.26 Å². The molecule has 1 heterocycles. The van der Waals surface area contributed by atoms with Crippen LogP contribution in [0.5, 0.6) is 0 Å². The molecule has 0 amide bonds. The number of rotatable bonds is 2. The van der Waals surface area contributed by atoms with E-state index in [9.17, 15) is 0 Å². The zero-order chi connectivity index (χ0) is 8.27. The molecule has 0 aromatic carbocycles. The second kappa shape index (κ2) is 3.82. The molecule has 60 valence electrons. The molecule has 0 bridgehead atoms. The maximum Gasteiger partial charge on any atom is 0.169 e. The van der Waals surface area contributed by atoms with Crippen LogP contribution in [0.1, 0.15) is 5.56 Å². The van der Waals surface area contributed by atoms with Gasteiger partial charge in [0.25, 0.3) is 0 Å². The summed E-state index contributed by atoms with van der Waals surface area (Å²) in [4.78, 5) is 0. The topological polar surface area (TPSA) is 63.0 Å². The smallest absolute Gasteiger partial charge is 0.169 e. The van der Waals surface area contributed by atoms with Gasteiger partial charge < -0.3 is 10.2 Å². The Hall–Kier alpha value is -0.420. The number of nitrogens with two attached hydrogens (primary N) is 1. The third-order valence-corrected chi connectivity index (χ3v) is 2.22. The van der Waals surface area contributed by atoms with Gasteiger partial charge in [-0.15, -0.1) is 0 Å². The second-order valence-electron chi connectivity index (χ2n) is 1.91. The first-order chi connectivity index (χ1) is 5.18. The Morgan fingerprint density at radius 3 is 3.00 bits per heavy atom. The van der Waals surface area contributed by atoms with Gasteiger partial charge in [-0.1, -0.05) is 11.8 Å². The van der Waals surface area contributed by atoms with Crippen LogP contribution in [-0.4, -0.2) is 5.17 Å². The summed E-state index contributed by atoms with van der Waals surface area (Å²) in [6.07, 6.45) is 1.64. The Bertz CT molecular complexity index is 261.